The molecular formula is C38H34N2O. The zero-order chi connectivity index (χ0) is 30.7. The van der Waals surface area contributed by atoms with Gasteiger partial charge < -0.3 is 4.42 Å². The van der Waals surface area contributed by atoms with Crippen molar-refractivity contribution < 1.29 is 8.53 Å². The summed E-state index contributed by atoms with van der Waals surface area (Å²) in [6, 6.07) is 34.8. The van der Waals surface area contributed by atoms with Crippen molar-refractivity contribution in [3.05, 3.63) is 120 Å². The number of rotatable bonds is 5. The highest BCUT2D eigenvalue weighted by atomic mass is 16.3. The maximum Gasteiger partial charge on any atom is 0.149 e. The molecule has 0 unspecified atom stereocenters. The lowest BCUT2D eigenvalue weighted by molar-refractivity contribution is 0.669. The van der Waals surface area contributed by atoms with E-state index in [1.807, 2.05) is 24.3 Å². The molecular weight excluding hydrogens is 500 g/mol. The molecule has 202 valence electrons. The third-order valence-electron chi connectivity index (χ3n) is 8.04. The van der Waals surface area contributed by atoms with Gasteiger partial charge in [0, 0.05) is 14.9 Å². The van der Waals surface area contributed by atoms with Crippen molar-refractivity contribution in [1.82, 2.24) is 9.55 Å². The summed E-state index contributed by atoms with van der Waals surface area (Å²) in [5.74, 6) is 1.30. The van der Waals surface area contributed by atoms with E-state index in [9.17, 15) is 0 Å². The number of furan rings is 1. The summed E-state index contributed by atoms with van der Waals surface area (Å²) in [7, 11) is 0. The summed E-state index contributed by atoms with van der Waals surface area (Å²) < 4.78 is 32.5. The minimum absolute atomic E-state index is 0.250. The van der Waals surface area contributed by atoms with Crippen LogP contribution in [0, 0.1) is 6.85 Å². The summed E-state index contributed by atoms with van der Waals surface area (Å²) in [6.07, 6.45) is 0. The first-order valence-corrected chi connectivity index (χ1v) is 14.3. The molecule has 0 amide bonds. The summed E-state index contributed by atoms with van der Waals surface area (Å²) in [5.41, 5.74) is 10.4. The first-order chi connectivity index (χ1) is 21.1. The van der Waals surface area contributed by atoms with Gasteiger partial charge in [-0.2, -0.15) is 0 Å². The zero-order valence-corrected chi connectivity index (χ0v) is 23.8. The van der Waals surface area contributed by atoms with Gasteiger partial charge in [0.1, 0.15) is 17.0 Å². The molecule has 0 spiro atoms. The van der Waals surface area contributed by atoms with Crippen molar-refractivity contribution >= 4 is 33.0 Å². The molecule has 0 aliphatic carbocycles. The van der Waals surface area contributed by atoms with Gasteiger partial charge in [-0.15, -0.1) is 0 Å². The van der Waals surface area contributed by atoms with Crippen LogP contribution in [-0.4, -0.2) is 9.55 Å². The van der Waals surface area contributed by atoms with Gasteiger partial charge in [-0.05, 0) is 82.9 Å². The Kier molecular flexibility index (Phi) is 5.27. The van der Waals surface area contributed by atoms with Crippen LogP contribution in [0.5, 0.6) is 0 Å². The summed E-state index contributed by atoms with van der Waals surface area (Å²) in [5, 5.41) is 1.82. The molecule has 0 aliphatic heterocycles. The molecule has 7 aromatic rings. The normalized spacial score (nSPS) is 13.4. The van der Waals surface area contributed by atoms with E-state index in [4.69, 9.17) is 13.5 Å². The van der Waals surface area contributed by atoms with Crippen LogP contribution in [-0.2, 0) is 0 Å². The van der Waals surface area contributed by atoms with E-state index >= 15 is 0 Å². The zero-order valence-electron chi connectivity index (χ0n) is 26.8. The van der Waals surface area contributed by atoms with E-state index in [1.54, 1.807) is 12.1 Å². The smallest absolute Gasteiger partial charge is 0.149 e. The number of para-hydroxylation sites is 3. The molecule has 3 heteroatoms. The van der Waals surface area contributed by atoms with E-state index in [1.165, 1.54) is 22.3 Å². The maximum atomic E-state index is 7.90. The molecule has 3 nitrogen and oxygen atoms in total. The van der Waals surface area contributed by atoms with Gasteiger partial charge in [0.15, 0.2) is 0 Å². The van der Waals surface area contributed by atoms with Gasteiger partial charge in [0.25, 0.3) is 0 Å². The highest BCUT2D eigenvalue weighted by molar-refractivity contribution is 6.09. The van der Waals surface area contributed by atoms with Crippen LogP contribution in [0.3, 0.4) is 0 Å². The Bertz CT molecular complexity index is 2140. The minimum Gasteiger partial charge on any atom is -0.455 e. The first-order valence-electron chi connectivity index (χ1n) is 15.8. The molecule has 41 heavy (non-hydrogen) atoms. The first kappa shape index (κ1) is 22.1. The van der Waals surface area contributed by atoms with Gasteiger partial charge >= 0.3 is 0 Å². The molecule has 0 saturated heterocycles. The van der Waals surface area contributed by atoms with Crippen LogP contribution in [0.25, 0.3) is 61.2 Å². The maximum absolute atomic E-state index is 7.90. The van der Waals surface area contributed by atoms with Crippen molar-refractivity contribution in [2.75, 3.05) is 0 Å². The number of aryl methyl sites for hydroxylation is 1. The fraction of sp³-hybridized carbons (Fsp3) is 0.184. The Labute approximate surface area is 245 Å². The van der Waals surface area contributed by atoms with E-state index in [0.29, 0.717) is 11.2 Å². The lowest BCUT2D eigenvalue weighted by atomic mass is 9.88. The standard InChI is InChI=1S/C38H34N2O/c1-23(2)31-21-27(26-12-7-6-8-13-26)22-32(24(3)4)36(31)40-34-17-10-9-16-33(34)39-38(40)30-15-11-14-29-28-19-18-25(5)20-35(28)41-37(29)30/h6-24H,1-5H3/i5D3. The van der Waals surface area contributed by atoms with Crippen LogP contribution < -0.4 is 0 Å². The van der Waals surface area contributed by atoms with E-state index in [-0.39, 0.29) is 17.4 Å². The monoisotopic (exact) mass is 537 g/mol. The summed E-state index contributed by atoms with van der Waals surface area (Å²) in [6.45, 7) is 6.78. The Morgan fingerprint density at radius 1 is 0.707 bits per heavy atom. The Hall–Kier alpha value is -4.63. The van der Waals surface area contributed by atoms with Crippen molar-refractivity contribution in [3.63, 3.8) is 0 Å². The number of benzene rings is 5. The summed E-state index contributed by atoms with van der Waals surface area (Å²) >= 11 is 0. The predicted octanol–water partition coefficient (Wildman–Crippen LogP) is 10.8. The second-order valence-electron chi connectivity index (χ2n) is 11.4. The molecule has 0 atom stereocenters. The van der Waals surface area contributed by atoms with Crippen molar-refractivity contribution in [2.24, 2.45) is 0 Å². The molecule has 7 rings (SSSR count). The van der Waals surface area contributed by atoms with Gasteiger partial charge in [-0.1, -0.05) is 94.4 Å². The second-order valence-corrected chi connectivity index (χ2v) is 11.4. The van der Waals surface area contributed by atoms with Gasteiger partial charge in [-0.25, -0.2) is 4.98 Å². The topological polar surface area (TPSA) is 31.0 Å². The number of imidazole rings is 1. The quantitative estimate of drug-likeness (QED) is 0.219. The fourth-order valence-corrected chi connectivity index (χ4v) is 6.02. The third kappa shape index (κ3) is 4.15. The molecule has 2 heterocycles. The molecule has 0 aliphatic rings. The Morgan fingerprint density at radius 2 is 1.44 bits per heavy atom. The Morgan fingerprint density at radius 3 is 2.17 bits per heavy atom. The molecule has 0 fully saturated rings. The van der Waals surface area contributed by atoms with Gasteiger partial charge in [0.05, 0.1) is 22.3 Å². The number of aromatic nitrogens is 2. The molecule has 2 aromatic heterocycles. The number of nitrogens with zero attached hydrogens (tertiary/aromatic N) is 2. The van der Waals surface area contributed by atoms with Crippen molar-refractivity contribution in [2.45, 2.75) is 46.4 Å². The van der Waals surface area contributed by atoms with Crippen molar-refractivity contribution in [1.29, 1.82) is 0 Å². The van der Waals surface area contributed by atoms with Gasteiger partial charge in [-0.3, -0.25) is 4.57 Å². The van der Waals surface area contributed by atoms with Crippen LogP contribution in [0.1, 0.15) is 60.3 Å². The van der Waals surface area contributed by atoms with Crippen LogP contribution in [0.4, 0.5) is 0 Å². The van der Waals surface area contributed by atoms with E-state index in [0.717, 1.165) is 38.9 Å². The predicted molar refractivity (Wildman–Crippen MR) is 172 cm³/mol. The molecule has 0 bridgehead atoms. The molecule has 5 aromatic carbocycles. The van der Waals surface area contributed by atoms with Crippen LogP contribution in [0.2, 0.25) is 0 Å². The van der Waals surface area contributed by atoms with Crippen LogP contribution >= 0.6 is 0 Å². The van der Waals surface area contributed by atoms with Crippen molar-refractivity contribution in [3.8, 4) is 28.2 Å². The highest BCUT2D eigenvalue weighted by Gasteiger charge is 2.25. The Balaban J connectivity index is 1.56. The molecule has 0 saturated carbocycles. The largest absolute Gasteiger partial charge is 0.455 e. The number of hydrogen-bond acceptors (Lipinski definition) is 2. The average molecular weight is 538 g/mol. The second kappa shape index (κ2) is 9.78. The SMILES string of the molecule is [2H]C([2H])([2H])c1ccc2c(c1)oc1c(-c3nc4ccccc4n3-c3c(C(C)C)cc(-c4ccccc4)cc3C(C)C)cccc12. The van der Waals surface area contributed by atoms with E-state index < -0.39 is 6.85 Å². The van der Waals surface area contributed by atoms with E-state index in [2.05, 4.69) is 99.0 Å². The lowest BCUT2D eigenvalue weighted by Gasteiger charge is -2.24. The average Bonchev–Trinajstić information content (AvgIpc) is 3.58. The van der Waals surface area contributed by atoms with Crippen LogP contribution in [0.15, 0.2) is 108 Å². The molecule has 0 radical (unpaired) electrons. The molecule has 0 N–H and O–H groups in total. The highest BCUT2D eigenvalue weighted by Crippen LogP contribution is 2.42. The summed E-state index contributed by atoms with van der Waals surface area (Å²) in [4.78, 5) is 5.23. The number of hydrogen-bond donors (Lipinski definition) is 0. The minimum atomic E-state index is -2.21. The fourth-order valence-electron chi connectivity index (χ4n) is 6.02. The number of fused-ring (bicyclic) bond motifs is 4. The lowest BCUT2D eigenvalue weighted by Crippen LogP contribution is -2.09. The van der Waals surface area contributed by atoms with Gasteiger partial charge in [0.2, 0.25) is 0 Å². The third-order valence-corrected chi connectivity index (χ3v) is 8.04.